The zero-order valence-electron chi connectivity index (χ0n) is 20.5. The van der Waals surface area contributed by atoms with Gasteiger partial charge in [0.25, 0.3) is 11.6 Å². The van der Waals surface area contributed by atoms with Gasteiger partial charge >= 0.3 is 0 Å². The number of carbonyl (C=O) groups is 1. The van der Waals surface area contributed by atoms with E-state index in [4.69, 9.17) is 4.74 Å². The van der Waals surface area contributed by atoms with Crippen LogP contribution in [-0.4, -0.2) is 81.8 Å². The second kappa shape index (κ2) is 12.1. The summed E-state index contributed by atoms with van der Waals surface area (Å²) in [5.41, 5.74) is 2.42. The van der Waals surface area contributed by atoms with Crippen molar-refractivity contribution in [2.75, 3.05) is 46.4 Å². The van der Waals surface area contributed by atoms with E-state index in [0.29, 0.717) is 35.4 Å². The predicted molar refractivity (Wildman–Crippen MR) is 138 cm³/mol. The molecule has 0 saturated carbocycles. The number of nitro benzene ring substituents is 1. The van der Waals surface area contributed by atoms with Gasteiger partial charge in [-0.2, -0.15) is 0 Å². The van der Waals surface area contributed by atoms with Crippen LogP contribution in [0.2, 0.25) is 0 Å². The van der Waals surface area contributed by atoms with Crippen LogP contribution in [0.1, 0.15) is 22.8 Å². The Balaban J connectivity index is 1.52. The summed E-state index contributed by atoms with van der Waals surface area (Å²) in [4.78, 5) is 28.2. The van der Waals surface area contributed by atoms with Crippen molar-refractivity contribution in [3.8, 4) is 11.4 Å². The van der Waals surface area contributed by atoms with Gasteiger partial charge in [0.1, 0.15) is 0 Å². The minimum Gasteiger partial charge on any atom is -0.383 e. The van der Waals surface area contributed by atoms with Crippen molar-refractivity contribution < 1.29 is 14.5 Å². The highest BCUT2D eigenvalue weighted by Gasteiger charge is 2.23. The van der Waals surface area contributed by atoms with Gasteiger partial charge in [-0.05, 0) is 30.3 Å². The van der Waals surface area contributed by atoms with Gasteiger partial charge in [0.15, 0.2) is 11.0 Å². The summed E-state index contributed by atoms with van der Waals surface area (Å²) in [5.74, 6) is 1.24. The van der Waals surface area contributed by atoms with Gasteiger partial charge in [0.2, 0.25) is 0 Å². The predicted octanol–water partition coefficient (Wildman–Crippen LogP) is 3.57. The number of rotatable bonds is 10. The highest BCUT2D eigenvalue weighted by atomic mass is 32.2. The van der Waals surface area contributed by atoms with Gasteiger partial charge in [-0.15, -0.1) is 10.2 Å². The molecule has 1 aliphatic rings. The van der Waals surface area contributed by atoms with E-state index in [2.05, 4.69) is 22.0 Å². The first-order valence-corrected chi connectivity index (χ1v) is 12.9. The molecule has 1 amide bonds. The molecule has 0 unspecified atom stereocenters. The SMILES string of the molecule is CCN1CCN(C(=O)c2ccccc2CSc2nnc(-c3ccc([N+](=O)[O-])cc3)n2CCOC)CC1. The second-order valence-corrected chi connectivity index (χ2v) is 9.37. The van der Waals surface area contributed by atoms with Crippen LogP contribution in [0.4, 0.5) is 5.69 Å². The molecule has 1 saturated heterocycles. The number of benzene rings is 2. The molecule has 3 aromatic rings. The van der Waals surface area contributed by atoms with Crippen LogP contribution in [0.3, 0.4) is 0 Å². The standard InChI is InChI=1S/C25H30N6O4S/c1-3-28-12-14-29(15-13-28)24(32)22-7-5-4-6-20(22)18-36-25-27-26-23(30(25)16-17-35-2)19-8-10-21(11-9-19)31(33)34/h4-11H,3,12-18H2,1-2H3. The van der Waals surface area contributed by atoms with Crippen molar-refractivity contribution in [3.05, 3.63) is 69.8 Å². The molecule has 4 rings (SSSR count). The highest BCUT2D eigenvalue weighted by Crippen LogP contribution is 2.29. The molecule has 0 radical (unpaired) electrons. The van der Waals surface area contributed by atoms with Crippen LogP contribution in [0, 0.1) is 10.1 Å². The third-order valence-corrected chi connectivity index (χ3v) is 7.30. The van der Waals surface area contributed by atoms with E-state index in [-0.39, 0.29) is 11.6 Å². The quantitative estimate of drug-likeness (QED) is 0.232. The van der Waals surface area contributed by atoms with E-state index in [1.165, 1.54) is 23.9 Å². The Morgan fingerprint density at radius 1 is 1.08 bits per heavy atom. The molecular formula is C25H30N6O4S. The lowest BCUT2D eigenvalue weighted by atomic mass is 10.1. The Kier molecular flexibility index (Phi) is 8.68. The first kappa shape index (κ1) is 25.8. The monoisotopic (exact) mass is 510 g/mol. The lowest BCUT2D eigenvalue weighted by Crippen LogP contribution is -2.48. The maximum atomic E-state index is 13.3. The molecule has 0 N–H and O–H groups in total. The second-order valence-electron chi connectivity index (χ2n) is 8.43. The van der Waals surface area contributed by atoms with Crippen molar-refractivity contribution in [1.29, 1.82) is 0 Å². The van der Waals surface area contributed by atoms with E-state index in [1.807, 2.05) is 33.7 Å². The molecule has 0 aliphatic carbocycles. The lowest BCUT2D eigenvalue weighted by Gasteiger charge is -2.34. The fourth-order valence-electron chi connectivity index (χ4n) is 4.16. The molecule has 11 heteroatoms. The summed E-state index contributed by atoms with van der Waals surface area (Å²) in [5, 5.41) is 20.4. The molecule has 2 heterocycles. The number of non-ortho nitro benzene ring substituents is 1. The van der Waals surface area contributed by atoms with Crippen LogP contribution in [0.25, 0.3) is 11.4 Å². The summed E-state index contributed by atoms with van der Waals surface area (Å²) in [6.07, 6.45) is 0. The number of aromatic nitrogens is 3. The number of nitrogens with zero attached hydrogens (tertiary/aromatic N) is 6. The topological polar surface area (TPSA) is 107 Å². The maximum Gasteiger partial charge on any atom is 0.269 e. The molecule has 0 bridgehead atoms. The van der Waals surface area contributed by atoms with Gasteiger partial charge in [-0.1, -0.05) is 36.9 Å². The van der Waals surface area contributed by atoms with Gasteiger partial charge in [0, 0.05) is 62.3 Å². The molecule has 2 aromatic carbocycles. The zero-order valence-corrected chi connectivity index (χ0v) is 21.3. The van der Waals surface area contributed by atoms with Crippen LogP contribution in [0.15, 0.2) is 53.7 Å². The smallest absolute Gasteiger partial charge is 0.269 e. The fourth-order valence-corrected chi connectivity index (χ4v) is 5.13. The number of thioether (sulfide) groups is 1. The molecule has 10 nitrogen and oxygen atoms in total. The molecule has 1 fully saturated rings. The Hall–Kier alpha value is -3.28. The largest absolute Gasteiger partial charge is 0.383 e. The van der Waals surface area contributed by atoms with Crippen molar-refractivity contribution in [2.24, 2.45) is 0 Å². The third-order valence-electron chi connectivity index (χ3n) is 6.28. The van der Waals surface area contributed by atoms with Gasteiger partial charge in [-0.3, -0.25) is 19.5 Å². The molecular weight excluding hydrogens is 480 g/mol. The Morgan fingerprint density at radius 3 is 2.47 bits per heavy atom. The van der Waals surface area contributed by atoms with E-state index in [0.717, 1.165) is 43.9 Å². The van der Waals surface area contributed by atoms with Gasteiger partial charge in [0.05, 0.1) is 18.1 Å². The Morgan fingerprint density at radius 2 is 1.81 bits per heavy atom. The average molecular weight is 511 g/mol. The zero-order chi connectivity index (χ0) is 25.5. The summed E-state index contributed by atoms with van der Waals surface area (Å²) in [7, 11) is 1.63. The Bertz CT molecular complexity index is 1190. The number of methoxy groups -OCH3 is 1. The first-order valence-electron chi connectivity index (χ1n) is 11.9. The van der Waals surface area contributed by atoms with E-state index in [9.17, 15) is 14.9 Å². The number of nitro groups is 1. The number of hydrogen-bond donors (Lipinski definition) is 0. The summed E-state index contributed by atoms with van der Waals surface area (Å²) in [6.45, 7) is 7.39. The normalized spacial score (nSPS) is 14.2. The summed E-state index contributed by atoms with van der Waals surface area (Å²) in [6, 6.07) is 14.0. The van der Waals surface area contributed by atoms with Gasteiger partial charge < -0.3 is 14.5 Å². The number of ether oxygens (including phenoxy) is 1. The molecule has 36 heavy (non-hydrogen) atoms. The molecule has 1 aliphatic heterocycles. The van der Waals surface area contributed by atoms with Crippen LogP contribution >= 0.6 is 11.8 Å². The van der Waals surface area contributed by atoms with Crippen LogP contribution in [-0.2, 0) is 17.0 Å². The summed E-state index contributed by atoms with van der Waals surface area (Å²) >= 11 is 1.50. The van der Waals surface area contributed by atoms with Crippen molar-refractivity contribution in [2.45, 2.75) is 24.4 Å². The number of amides is 1. The van der Waals surface area contributed by atoms with Crippen LogP contribution in [0.5, 0.6) is 0 Å². The van der Waals surface area contributed by atoms with Crippen molar-refractivity contribution >= 4 is 23.4 Å². The van der Waals surface area contributed by atoms with Crippen molar-refractivity contribution in [3.63, 3.8) is 0 Å². The average Bonchev–Trinajstić information content (AvgIpc) is 3.33. The van der Waals surface area contributed by atoms with Crippen molar-refractivity contribution in [1.82, 2.24) is 24.6 Å². The number of carbonyl (C=O) groups excluding carboxylic acids is 1. The fraction of sp³-hybridized carbons (Fsp3) is 0.400. The molecule has 1 aromatic heterocycles. The summed E-state index contributed by atoms with van der Waals surface area (Å²) < 4.78 is 7.23. The third kappa shape index (κ3) is 5.92. The highest BCUT2D eigenvalue weighted by molar-refractivity contribution is 7.98. The number of likely N-dealkylation sites (N-methyl/N-ethyl adjacent to an activating group) is 1. The van der Waals surface area contributed by atoms with E-state index in [1.54, 1.807) is 19.2 Å². The molecule has 190 valence electrons. The van der Waals surface area contributed by atoms with E-state index >= 15 is 0 Å². The minimum atomic E-state index is -0.427. The number of hydrogen-bond acceptors (Lipinski definition) is 8. The number of piperazine rings is 1. The molecule has 0 atom stereocenters. The van der Waals surface area contributed by atoms with Gasteiger partial charge in [-0.25, -0.2) is 0 Å². The van der Waals surface area contributed by atoms with E-state index < -0.39 is 4.92 Å². The first-order chi connectivity index (χ1) is 17.5. The maximum absolute atomic E-state index is 13.3. The lowest BCUT2D eigenvalue weighted by molar-refractivity contribution is -0.384. The minimum absolute atomic E-state index is 0.0219. The molecule has 0 spiro atoms. The van der Waals surface area contributed by atoms with Crippen LogP contribution < -0.4 is 0 Å². The Labute approximate surface area is 214 Å².